The van der Waals surface area contributed by atoms with Gasteiger partial charge in [-0.2, -0.15) is 4.98 Å². The summed E-state index contributed by atoms with van der Waals surface area (Å²) in [6.45, 7) is 0. The van der Waals surface area contributed by atoms with Gasteiger partial charge in [-0.3, -0.25) is 0 Å². The van der Waals surface area contributed by atoms with Crippen molar-refractivity contribution in [1.29, 1.82) is 0 Å². The van der Waals surface area contributed by atoms with Gasteiger partial charge < -0.3 is 4.52 Å². The van der Waals surface area contributed by atoms with Gasteiger partial charge in [-0.05, 0) is 0 Å². The standard InChI is InChI=1S/C3H3BrN2O/c4-1-3-5-2-7-6-3/h2H,1H2. The average molecular weight is 163 g/mol. The third kappa shape index (κ3) is 0.991. The van der Waals surface area contributed by atoms with Crippen LogP contribution in [0.25, 0.3) is 0 Å². The van der Waals surface area contributed by atoms with Crippen molar-refractivity contribution in [2.45, 2.75) is 5.33 Å². The molecule has 0 spiro atoms. The van der Waals surface area contributed by atoms with Crippen LogP contribution in [0.3, 0.4) is 0 Å². The maximum Gasteiger partial charge on any atom is 0.213 e. The molecule has 38 valence electrons. The van der Waals surface area contributed by atoms with Crippen LogP contribution in [0.4, 0.5) is 0 Å². The van der Waals surface area contributed by atoms with E-state index < -0.39 is 0 Å². The molecule has 1 rings (SSSR count). The molecule has 0 radical (unpaired) electrons. The highest BCUT2D eigenvalue weighted by Gasteiger charge is 1.89. The molecule has 0 saturated carbocycles. The van der Waals surface area contributed by atoms with E-state index in [0.717, 1.165) is 0 Å². The molecular formula is C3H3BrN2O. The van der Waals surface area contributed by atoms with Gasteiger partial charge in [0.2, 0.25) is 6.39 Å². The van der Waals surface area contributed by atoms with Gasteiger partial charge in [0.05, 0.1) is 5.33 Å². The molecule has 0 aliphatic heterocycles. The molecule has 1 aromatic rings. The first-order valence-corrected chi connectivity index (χ1v) is 2.87. The minimum Gasteiger partial charge on any atom is -0.343 e. The zero-order chi connectivity index (χ0) is 5.11. The van der Waals surface area contributed by atoms with Crippen molar-refractivity contribution < 1.29 is 4.52 Å². The normalized spacial score (nSPS) is 9.29. The third-order valence-corrected chi connectivity index (χ3v) is 1.03. The molecule has 0 fully saturated rings. The highest BCUT2D eigenvalue weighted by molar-refractivity contribution is 9.08. The van der Waals surface area contributed by atoms with Gasteiger partial charge in [-0.1, -0.05) is 21.1 Å². The topological polar surface area (TPSA) is 38.9 Å². The van der Waals surface area contributed by atoms with E-state index in [1.807, 2.05) is 0 Å². The lowest BCUT2D eigenvalue weighted by Gasteiger charge is -1.71. The maximum atomic E-state index is 4.41. The number of halogens is 1. The average Bonchev–Trinajstić information content (AvgIpc) is 2.14. The highest BCUT2D eigenvalue weighted by Crippen LogP contribution is 1.94. The van der Waals surface area contributed by atoms with Crippen LogP contribution in [-0.2, 0) is 5.33 Å². The molecular weight excluding hydrogens is 160 g/mol. The van der Waals surface area contributed by atoms with E-state index in [0.29, 0.717) is 11.2 Å². The molecule has 0 N–H and O–H groups in total. The number of alkyl halides is 1. The summed E-state index contributed by atoms with van der Waals surface area (Å²) in [6, 6.07) is 0. The fraction of sp³-hybridized carbons (Fsp3) is 0.333. The van der Waals surface area contributed by atoms with Crippen LogP contribution in [-0.4, -0.2) is 10.1 Å². The Balaban J connectivity index is 2.76. The van der Waals surface area contributed by atoms with Crippen LogP contribution < -0.4 is 0 Å². The first-order valence-electron chi connectivity index (χ1n) is 1.74. The Hall–Kier alpha value is -0.380. The summed E-state index contributed by atoms with van der Waals surface area (Å²) in [5.74, 6) is 0.681. The lowest BCUT2D eigenvalue weighted by molar-refractivity contribution is 0.412. The molecule has 7 heavy (non-hydrogen) atoms. The third-order valence-electron chi connectivity index (χ3n) is 0.526. The van der Waals surface area contributed by atoms with Gasteiger partial charge in [0.15, 0.2) is 5.82 Å². The van der Waals surface area contributed by atoms with E-state index in [9.17, 15) is 0 Å². The Labute approximate surface area is 48.8 Å². The van der Waals surface area contributed by atoms with Crippen molar-refractivity contribution in [2.24, 2.45) is 0 Å². The van der Waals surface area contributed by atoms with E-state index in [4.69, 9.17) is 0 Å². The monoisotopic (exact) mass is 162 g/mol. The molecule has 0 aliphatic carbocycles. The van der Waals surface area contributed by atoms with E-state index in [2.05, 4.69) is 30.6 Å². The molecule has 4 heteroatoms. The van der Waals surface area contributed by atoms with Gasteiger partial charge >= 0.3 is 0 Å². The number of hydrogen-bond donors (Lipinski definition) is 0. The van der Waals surface area contributed by atoms with Gasteiger partial charge in [0, 0.05) is 0 Å². The van der Waals surface area contributed by atoms with Crippen LogP contribution in [0.2, 0.25) is 0 Å². The molecule has 1 aromatic heterocycles. The predicted molar refractivity (Wildman–Crippen MR) is 26.9 cm³/mol. The SMILES string of the molecule is BrCc1ncon1. The Bertz CT molecular complexity index is 127. The highest BCUT2D eigenvalue weighted by atomic mass is 79.9. The molecule has 0 aromatic carbocycles. The molecule has 0 unspecified atom stereocenters. The largest absolute Gasteiger partial charge is 0.343 e. The number of hydrogen-bond acceptors (Lipinski definition) is 3. The summed E-state index contributed by atoms with van der Waals surface area (Å²) in [5, 5.41) is 4.16. The van der Waals surface area contributed by atoms with E-state index in [-0.39, 0.29) is 0 Å². The lowest BCUT2D eigenvalue weighted by atomic mass is 10.8. The van der Waals surface area contributed by atoms with Gasteiger partial charge in [-0.15, -0.1) is 0 Å². The summed E-state index contributed by atoms with van der Waals surface area (Å²) >= 11 is 3.15. The second-order valence-electron chi connectivity index (χ2n) is 0.981. The number of rotatable bonds is 1. The van der Waals surface area contributed by atoms with Crippen LogP contribution >= 0.6 is 15.9 Å². The Morgan fingerprint density at radius 1 is 1.86 bits per heavy atom. The van der Waals surface area contributed by atoms with Crippen molar-refractivity contribution in [3.05, 3.63) is 12.2 Å². The fourth-order valence-corrected chi connectivity index (χ4v) is 0.498. The number of nitrogens with zero attached hydrogens (tertiary/aromatic N) is 2. The van der Waals surface area contributed by atoms with Crippen LogP contribution in [0.1, 0.15) is 5.82 Å². The molecule has 0 saturated heterocycles. The Kier molecular flexibility index (Phi) is 1.41. The second kappa shape index (κ2) is 2.07. The zero-order valence-corrected chi connectivity index (χ0v) is 5.05. The quantitative estimate of drug-likeness (QED) is 0.578. The summed E-state index contributed by atoms with van der Waals surface area (Å²) in [5.41, 5.74) is 0. The fourth-order valence-electron chi connectivity index (χ4n) is 0.251. The molecule has 0 aliphatic rings. The molecule has 3 nitrogen and oxygen atoms in total. The number of aromatic nitrogens is 2. The first kappa shape index (κ1) is 4.77. The Morgan fingerprint density at radius 3 is 3.00 bits per heavy atom. The van der Waals surface area contributed by atoms with Crippen molar-refractivity contribution in [2.75, 3.05) is 0 Å². The van der Waals surface area contributed by atoms with Gasteiger partial charge in [0.25, 0.3) is 0 Å². The van der Waals surface area contributed by atoms with Gasteiger partial charge in [0.1, 0.15) is 0 Å². The van der Waals surface area contributed by atoms with Gasteiger partial charge in [-0.25, -0.2) is 0 Å². The summed E-state index contributed by atoms with van der Waals surface area (Å²) in [6.07, 6.45) is 1.30. The molecule has 0 bridgehead atoms. The van der Waals surface area contributed by atoms with Crippen LogP contribution in [0.5, 0.6) is 0 Å². The second-order valence-corrected chi connectivity index (χ2v) is 1.54. The van der Waals surface area contributed by atoms with Crippen molar-refractivity contribution >= 4 is 15.9 Å². The molecule has 0 amide bonds. The summed E-state index contributed by atoms with van der Waals surface area (Å²) in [7, 11) is 0. The predicted octanol–water partition coefficient (Wildman–Crippen LogP) is 0.965. The first-order chi connectivity index (χ1) is 3.43. The van der Waals surface area contributed by atoms with E-state index >= 15 is 0 Å². The van der Waals surface area contributed by atoms with E-state index in [1.165, 1.54) is 6.39 Å². The molecule has 1 heterocycles. The van der Waals surface area contributed by atoms with Crippen LogP contribution in [0, 0.1) is 0 Å². The minimum atomic E-state index is 0.656. The van der Waals surface area contributed by atoms with Crippen LogP contribution in [0.15, 0.2) is 10.9 Å². The summed E-state index contributed by atoms with van der Waals surface area (Å²) in [4.78, 5) is 3.71. The van der Waals surface area contributed by atoms with E-state index in [1.54, 1.807) is 0 Å². The molecule has 0 atom stereocenters. The Morgan fingerprint density at radius 2 is 2.71 bits per heavy atom. The minimum absolute atomic E-state index is 0.656. The summed E-state index contributed by atoms with van der Waals surface area (Å²) < 4.78 is 4.41. The van der Waals surface area contributed by atoms with Crippen molar-refractivity contribution in [3.63, 3.8) is 0 Å². The zero-order valence-electron chi connectivity index (χ0n) is 3.47. The smallest absolute Gasteiger partial charge is 0.213 e. The van der Waals surface area contributed by atoms with Crippen molar-refractivity contribution in [1.82, 2.24) is 10.1 Å². The van der Waals surface area contributed by atoms with Crippen molar-refractivity contribution in [3.8, 4) is 0 Å². The lowest BCUT2D eigenvalue weighted by Crippen LogP contribution is -1.75. The maximum absolute atomic E-state index is 4.41.